The van der Waals surface area contributed by atoms with Crippen LogP contribution in [0.2, 0.25) is 0 Å². The lowest BCUT2D eigenvalue weighted by atomic mass is 10.4. The van der Waals surface area contributed by atoms with Gasteiger partial charge in [-0.3, -0.25) is 0 Å². The van der Waals surface area contributed by atoms with Crippen LogP contribution in [-0.4, -0.2) is 38.1 Å². The Morgan fingerprint density at radius 1 is 1.00 bits per heavy atom. The monoisotopic (exact) mass is 216 g/mol. The highest BCUT2D eigenvalue weighted by molar-refractivity contribution is 4.58. The summed E-state index contributed by atoms with van der Waals surface area (Å²) in [5.41, 5.74) is 0. The van der Waals surface area contributed by atoms with Crippen molar-refractivity contribution in [1.29, 1.82) is 0 Å². The third-order valence-corrected chi connectivity index (χ3v) is 1.78. The highest BCUT2D eigenvalue weighted by atomic mass is 16.6. The van der Waals surface area contributed by atoms with E-state index in [0.29, 0.717) is 19.8 Å². The minimum Gasteiger partial charge on any atom is -0.376 e. The van der Waals surface area contributed by atoms with Crippen molar-refractivity contribution >= 4 is 0 Å². The molecule has 3 atom stereocenters. The van der Waals surface area contributed by atoms with E-state index in [-0.39, 0.29) is 18.3 Å². The molecule has 3 nitrogen and oxygen atoms in total. The predicted octanol–water partition coefficient (Wildman–Crippen LogP) is 2.26. The molecule has 0 aliphatic heterocycles. The maximum Gasteiger partial charge on any atom is 0.0781 e. The van der Waals surface area contributed by atoms with Gasteiger partial charge >= 0.3 is 0 Å². The van der Waals surface area contributed by atoms with Crippen LogP contribution in [0.25, 0.3) is 0 Å². The second kappa shape index (κ2) is 9.13. The summed E-state index contributed by atoms with van der Waals surface area (Å²) in [7, 11) is 0. The van der Waals surface area contributed by atoms with Crippen LogP contribution in [0, 0.1) is 13.3 Å². The average molecular weight is 216 g/mol. The molecule has 0 N–H and O–H groups in total. The fourth-order valence-corrected chi connectivity index (χ4v) is 0.956. The van der Waals surface area contributed by atoms with E-state index in [0.717, 1.165) is 0 Å². The summed E-state index contributed by atoms with van der Waals surface area (Å²) in [4.78, 5) is 0. The van der Waals surface area contributed by atoms with E-state index in [1.165, 1.54) is 0 Å². The van der Waals surface area contributed by atoms with Crippen molar-refractivity contribution < 1.29 is 14.2 Å². The molecule has 90 valence electrons. The molecule has 15 heavy (non-hydrogen) atoms. The minimum absolute atomic E-state index is 0.0133. The molecule has 0 bridgehead atoms. The van der Waals surface area contributed by atoms with Crippen molar-refractivity contribution in [2.45, 2.75) is 46.0 Å². The first-order valence-electron chi connectivity index (χ1n) is 5.52. The van der Waals surface area contributed by atoms with Gasteiger partial charge in [0, 0.05) is 6.61 Å². The molecule has 0 aliphatic rings. The third kappa shape index (κ3) is 10.2. The summed E-state index contributed by atoms with van der Waals surface area (Å²) >= 11 is 0. The Morgan fingerprint density at radius 2 is 1.53 bits per heavy atom. The molecule has 0 amide bonds. The maximum absolute atomic E-state index is 5.56. The van der Waals surface area contributed by atoms with Gasteiger partial charge in [0.25, 0.3) is 0 Å². The first-order valence-corrected chi connectivity index (χ1v) is 5.52. The lowest BCUT2D eigenvalue weighted by Crippen LogP contribution is -2.24. The quantitative estimate of drug-likeness (QED) is 0.591. The molecule has 0 aromatic rings. The number of hydrogen-bond acceptors (Lipinski definition) is 3. The molecule has 0 aromatic carbocycles. The molecule has 0 aliphatic carbocycles. The zero-order valence-electron chi connectivity index (χ0n) is 10.4. The maximum atomic E-state index is 5.56. The first kappa shape index (κ1) is 14.9. The van der Waals surface area contributed by atoms with E-state index in [2.05, 4.69) is 6.92 Å². The fourth-order valence-electron chi connectivity index (χ4n) is 0.956. The Bertz CT molecular complexity index is 137. The van der Waals surface area contributed by atoms with Crippen LogP contribution in [-0.2, 0) is 14.2 Å². The van der Waals surface area contributed by atoms with Crippen LogP contribution in [0.15, 0.2) is 0 Å². The second-order valence-electron chi connectivity index (χ2n) is 3.84. The molecule has 2 radical (unpaired) electrons. The molecule has 0 aromatic heterocycles. The van der Waals surface area contributed by atoms with Gasteiger partial charge in [0.15, 0.2) is 0 Å². The van der Waals surface area contributed by atoms with Crippen molar-refractivity contribution in [3.8, 4) is 0 Å². The highest BCUT2D eigenvalue weighted by Gasteiger charge is 2.07. The van der Waals surface area contributed by atoms with E-state index in [9.17, 15) is 0 Å². The molecule has 0 spiro atoms. The van der Waals surface area contributed by atoms with E-state index in [4.69, 9.17) is 14.2 Å². The summed E-state index contributed by atoms with van der Waals surface area (Å²) in [5, 5.41) is 0. The van der Waals surface area contributed by atoms with Gasteiger partial charge in [-0.25, -0.2) is 0 Å². The predicted molar refractivity (Wildman–Crippen MR) is 61.6 cm³/mol. The van der Waals surface area contributed by atoms with Gasteiger partial charge in [-0.1, -0.05) is 6.92 Å². The molecule has 3 unspecified atom stereocenters. The van der Waals surface area contributed by atoms with E-state index >= 15 is 0 Å². The summed E-state index contributed by atoms with van der Waals surface area (Å²) < 4.78 is 16.3. The van der Waals surface area contributed by atoms with E-state index < -0.39 is 0 Å². The number of rotatable bonds is 9. The van der Waals surface area contributed by atoms with E-state index in [1.807, 2.05) is 34.1 Å². The van der Waals surface area contributed by atoms with Gasteiger partial charge < -0.3 is 14.2 Å². The normalized spacial score (nSPS) is 15.6. The zero-order valence-corrected chi connectivity index (χ0v) is 10.4. The van der Waals surface area contributed by atoms with Gasteiger partial charge in [0.1, 0.15) is 0 Å². The molecule has 3 heteroatoms. The molecule has 0 rings (SSSR count). The van der Waals surface area contributed by atoms with Crippen LogP contribution in [0.1, 0.15) is 27.7 Å². The van der Waals surface area contributed by atoms with Gasteiger partial charge in [-0.2, -0.15) is 0 Å². The molecule has 0 saturated carbocycles. The average Bonchev–Trinajstić information content (AvgIpc) is 2.20. The van der Waals surface area contributed by atoms with Gasteiger partial charge in [0.2, 0.25) is 0 Å². The van der Waals surface area contributed by atoms with Gasteiger partial charge in [-0.05, 0) is 34.1 Å². The number of ether oxygens (including phenoxy) is 3. The highest BCUT2D eigenvalue weighted by Crippen LogP contribution is 1.99. The van der Waals surface area contributed by atoms with Crippen molar-refractivity contribution in [2.24, 2.45) is 0 Å². The fraction of sp³-hybridized carbons (Fsp3) is 0.833. The van der Waals surface area contributed by atoms with Gasteiger partial charge in [0.05, 0.1) is 31.5 Å². The smallest absolute Gasteiger partial charge is 0.0781 e. The Morgan fingerprint density at radius 3 is 2.07 bits per heavy atom. The minimum atomic E-state index is 0.0133. The summed E-state index contributed by atoms with van der Waals surface area (Å²) in [5.74, 6) is 0. The van der Waals surface area contributed by atoms with E-state index in [1.54, 1.807) is 0 Å². The summed E-state index contributed by atoms with van der Waals surface area (Å²) in [6.07, 6.45) is 2.21. The van der Waals surface area contributed by atoms with Crippen LogP contribution >= 0.6 is 0 Å². The molecule has 0 saturated heterocycles. The molecule has 0 fully saturated rings. The second-order valence-corrected chi connectivity index (χ2v) is 3.84. The van der Waals surface area contributed by atoms with Crippen LogP contribution in [0.3, 0.4) is 0 Å². The Hall–Kier alpha value is -0.120. The Balaban J connectivity index is 3.39. The lowest BCUT2D eigenvalue weighted by Gasteiger charge is -2.18. The van der Waals surface area contributed by atoms with Gasteiger partial charge in [-0.15, -0.1) is 0 Å². The zero-order chi connectivity index (χ0) is 11.7. The van der Waals surface area contributed by atoms with Crippen molar-refractivity contribution in [2.75, 3.05) is 19.8 Å². The first-order chi connectivity index (χ1) is 7.06. The molecule has 0 heterocycles. The standard InChI is InChI=1S/C12H24O3/c1-6-7-13-11(4)9-15-12(5)8-14-10(2)3/h6,10-12H,2,7-9H2,1,3-5H3. The SMILES string of the molecule is [CH2]C(C)OCC(C)OCC(C)OC[CH]C. The van der Waals surface area contributed by atoms with Crippen molar-refractivity contribution in [3.05, 3.63) is 13.3 Å². The van der Waals surface area contributed by atoms with Crippen LogP contribution < -0.4 is 0 Å². The van der Waals surface area contributed by atoms with Crippen molar-refractivity contribution in [1.82, 2.24) is 0 Å². The van der Waals surface area contributed by atoms with Crippen LogP contribution in [0.4, 0.5) is 0 Å². The summed E-state index contributed by atoms with van der Waals surface area (Å²) in [6.45, 7) is 13.5. The lowest BCUT2D eigenvalue weighted by molar-refractivity contribution is -0.0597. The summed E-state index contributed by atoms with van der Waals surface area (Å²) in [6, 6.07) is 0. The Kier molecular flexibility index (Phi) is 9.06. The van der Waals surface area contributed by atoms with Crippen molar-refractivity contribution in [3.63, 3.8) is 0 Å². The topological polar surface area (TPSA) is 27.7 Å². The largest absolute Gasteiger partial charge is 0.376 e. The molecular formula is C12H24O3. The molecular weight excluding hydrogens is 192 g/mol. The Labute approximate surface area is 94.1 Å². The number of hydrogen-bond donors (Lipinski definition) is 0. The van der Waals surface area contributed by atoms with Crippen LogP contribution in [0.5, 0.6) is 0 Å². The third-order valence-electron chi connectivity index (χ3n) is 1.78.